The lowest BCUT2D eigenvalue weighted by Gasteiger charge is -2.38. The van der Waals surface area contributed by atoms with Gasteiger partial charge in [0, 0.05) is 50.0 Å². The Hall–Kier alpha value is -1.50. The van der Waals surface area contributed by atoms with E-state index in [2.05, 4.69) is 10.2 Å². The van der Waals surface area contributed by atoms with Gasteiger partial charge in [-0.1, -0.05) is 17.7 Å². The standard InChI is InChI=1S/C18H26ClN3O3/c1-25-13-18(24)6-9-21(10-7-18)17(23)20-15-5-8-22(12-15)16-4-2-3-14(19)11-16/h2-4,11,15,24H,5-10,12-13H2,1H3,(H,20,23). The number of hydrogen-bond acceptors (Lipinski definition) is 4. The SMILES string of the molecule is COCC1(O)CCN(C(=O)NC2CCN(c3cccc(Cl)c3)C2)CC1. The van der Waals surface area contributed by atoms with Gasteiger partial charge in [0.1, 0.15) is 0 Å². The number of piperidine rings is 1. The van der Waals surface area contributed by atoms with Crippen LogP contribution >= 0.6 is 11.6 Å². The van der Waals surface area contributed by atoms with E-state index in [-0.39, 0.29) is 12.1 Å². The summed E-state index contributed by atoms with van der Waals surface area (Å²) in [5.74, 6) is 0. The molecule has 0 radical (unpaired) electrons. The second kappa shape index (κ2) is 7.81. The van der Waals surface area contributed by atoms with Gasteiger partial charge in [-0.3, -0.25) is 0 Å². The lowest BCUT2D eigenvalue weighted by Crippen LogP contribution is -2.53. The predicted molar refractivity (Wildman–Crippen MR) is 98.2 cm³/mol. The highest BCUT2D eigenvalue weighted by Crippen LogP contribution is 2.25. The number of likely N-dealkylation sites (tertiary alicyclic amines) is 1. The highest BCUT2D eigenvalue weighted by molar-refractivity contribution is 6.30. The fourth-order valence-corrected chi connectivity index (χ4v) is 3.77. The summed E-state index contributed by atoms with van der Waals surface area (Å²) in [6.07, 6.45) is 2.01. The zero-order chi connectivity index (χ0) is 17.9. The van der Waals surface area contributed by atoms with Crippen molar-refractivity contribution in [2.45, 2.75) is 30.9 Å². The zero-order valence-electron chi connectivity index (χ0n) is 14.6. The normalized spacial score (nSPS) is 22.9. The van der Waals surface area contributed by atoms with Gasteiger partial charge in [0.2, 0.25) is 0 Å². The van der Waals surface area contributed by atoms with E-state index in [4.69, 9.17) is 16.3 Å². The van der Waals surface area contributed by atoms with Gasteiger partial charge in [0.05, 0.1) is 12.2 Å². The van der Waals surface area contributed by atoms with Crippen LogP contribution in [0, 0.1) is 0 Å². The first-order valence-corrected chi connectivity index (χ1v) is 9.14. The number of carbonyl (C=O) groups excluding carboxylic acids is 1. The highest BCUT2D eigenvalue weighted by Gasteiger charge is 2.35. The maximum atomic E-state index is 12.5. The number of nitrogens with zero attached hydrogens (tertiary/aromatic N) is 2. The van der Waals surface area contributed by atoms with Crippen molar-refractivity contribution >= 4 is 23.3 Å². The number of hydrogen-bond donors (Lipinski definition) is 2. The van der Waals surface area contributed by atoms with Crippen molar-refractivity contribution in [2.75, 3.05) is 44.8 Å². The molecule has 2 saturated heterocycles. The number of methoxy groups -OCH3 is 1. The average molecular weight is 368 g/mol. The minimum Gasteiger partial charge on any atom is -0.387 e. The molecule has 1 aromatic carbocycles. The lowest BCUT2D eigenvalue weighted by molar-refractivity contribution is -0.0648. The van der Waals surface area contributed by atoms with Crippen LogP contribution in [0.3, 0.4) is 0 Å². The second-order valence-corrected chi connectivity index (χ2v) is 7.44. The molecule has 2 aliphatic rings. The molecule has 0 spiro atoms. The Morgan fingerprint density at radius 2 is 2.16 bits per heavy atom. The number of nitrogens with one attached hydrogen (secondary N) is 1. The fraction of sp³-hybridized carbons (Fsp3) is 0.611. The van der Waals surface area contributed by atoms with E-state index in [0.29, 0.717) is 32.5 Å². The van der Waals surface area contributed by atoms with Crippen LogP contribution in [0.4, 0.5) is 10.5 Å². The molecule has 2 amide bonds. The summed E-state index contributed by atoms with van der Waals surface area (Å²) in [5, 5.41) is 14.2. The minimum atomic E-state index is -0.803. The number of urea groups is 1. The lowest BCUT2D eigenvalue weighted by atomic mass is 9.92. The number of halogens is 1. The molecule has 0 aromatic heterocycles. The van der Waals surface area contributed by atoms with Gasteiger partial charge in [-0.15, -0.1) is 0 Å². The van der Waals surface area contributed by atoms with Crippen LogP contribution in [-0.4, -0.2) is 67.6 Å². The Balaban J connectivity index is 1.48. The van der Waals surface area contributed by atoms with E-state index < -0.39 is 5.60 Å². The Morgan fingerprint density at radius 1 is 1.40 bits per heavy atom. The molecule has 0 bridgehead atoms. The number of ether oxygens (including phenoxy) is 1. The van der Waals surface area contributed by atoms with Gasteiger partial charge >= 0.3 is 6.03 Å². The quantitative estimate of drug-likeness (QED) is 0.855. The molecular formula is C18H26ClN3O3. The third-order valence-corrected chi connectivity index (χ3v) is 5.32. The van der Waals surface area contributed by atoms with Gasteiger partial charge in [0.25, 0.3) is 0 Å². The van der Waals surface area contributed by atoms with Crippen LogP contribution < -0.4 is 10.2 Å². The Morgan fingerprint density at radius 3 is 2.84 bits per heavy atom. The third-order valence-electron chi connectivity index (χ3n) is 5.08. The topological polar surface area (TPSA) is 65.0 Å². The zero-order valence-corrected chi connectivity index (χ0v) is 15.3. The van der Waals surface area contributed by atoms with Gasteiger partial charge < -0.3 is 25.0 Å². The molecule has 1 unspecified atom stereocenters. The summed E-state index contributed by atoms with van der Waals surface area (Å²) < 4.78 is 5.07. The van der Waals surface area contributed by atoms with Crippen molar-refractivity contribution in [3.8, 4) is 0 Å². The largest absolute Gasteiger partial charge is 0.387 e. The van der Waals surface area contributed by atoms with Crippen molar-refractivity contribution in [3.05, 3.63) is 29.3 Å². The molecule has 2 fully saturated rings. The van der Waals surface area contributed by atoms with Crippen LogP contribution in [0.2, 0.25) is 5.02 Å². The first-order chi connectivity index (χ1) is 12.0. The summed E-state index contributed by atoms with van der Waals surface area (Å²) in [6, 6.07) is 7.88. The molecule has 2 aliphatic heterocycles. The number of benzene rings is 1. The van der Waals surface area contributed by atoms with Gasteiger partial charge in [-0.25, -0.2) is 4.79 Å². The summed E-state index contributed by atoms with van der Waals surface area (Å²) in [7, 11) is 1.59. The van der Waals surface area contributed by atoms with E-state index >= 15 is 0 Å². The molecule has 7 heteroatoms. The van der Waals surface area contributed by atoms with Gasteiger partial charge in [-0.05, 0) is 37.5 Å². The van der Waals surface area contributed by atoms with E-state index in [0.717, 1.165) is 30.2 Å². The van der Waals surface area contributed by atoms with Gasteiger partial charge in [-0.2, -0.15) is 0 Å². The Bertz CT molecular complexity index is 605. The molecule has 25 heavy (non-hydrogen) atoms. The van der Waals surface area contributed by atoms with E-state index in [9.17, 15) is 9.90 Å². The third kappa shape index (κ3) is 4.57. The summed E-state index contributed by atoms with van der Waals surface area (Å²) in [6.45, 7) is 3.11. The molecule has 1 aromatic rings. The number of anilines is 1. The molecule has 0 aliphatic carbocycles. The summed E-state index contributed by atoms with van der Waals surface area (Å²) >= 11 is 6.06. The second-order valence-electron chi connectivity index (χ2n) is 7.01. The van der Waals surface area contributed by atoms with Gasteiger partial charge in [0.15, 0.2) is 0 Å². The first-order valence-electron chi connectivity index (χ1n) is 8.76. The van der Waals surface area contributed by atoms with Crippen molar-refractivity contribution in [1.29, 1.82) is 0 Å². The molecule has 6 nitrogen and oxygen atoms in total. The van der Waals surface area contributed by atoms with Crippen LogP contribution in [0.5, 0.6) is 0 Å². The Kier molecular flexibility index (Phi) is 5.71. The van der Waals surface area contributed by atoms with E-state index in [1.54, 1.807) is 12.0 Å². The van der Waals surface area contributed by atoms with Crippen LogP contribution in [0.15, 0.2) is 24.3 Å². The molecule has 3 rings (SSSR count). The fourth-order valence-electron chi connectivity index (χ4n) is 3.59. The highest BCUT2D eigenvalue weighted by atomic mass is 35.5. The Labute approximate surface area is 153 Å². The molecule has 138 valence electrons. The first kappa shape index (κ1) is 18.3. The maximum Gasteiger partial charge on any atom is 0.317 e. The summed E-state index contributed by atoms with van der Waals surface area (Å²) in [5.41, 5.74) is 0.286. The molecule has 1 atom stereocenters. The van der Waals surface area contributed by atoms with Crippen molar-refractivity contribution in [3.63, 3.8) is 0 Å². The minimum absolute atomic E-state index is 0.0441. The van der Waals surface area contributed by atoms with E-state index in [1.807, 2.05) is 24.3 Å². The monoisotopic (exact) mass is 367 g/mol. The summed E-state index contributed by atoms with van der Waals surface area (Å²) in [4.78, 5) is 16.5. The molecular weight excluding hydrogens is 342 g/mol. The van der Waals surface area contributed by atoms with Crippen molar-refractivity contribution in [1.82, 2.24) is 10.2 Å². The van der Waals surface area contributed by atoms with Crippen LogP contribution in [-0.2, 0) is 4.74 Å². The van der Waals surface area contributed by atoms with Crippen molar-refractivity contribution in [2.24, 2.45) is 0 Å². The number of aliphatic hydroxyl groups is 1. The molecule has 2 heterocycles. The number of rotatable bonds is 4. The van der Waals surface area contributed by atoms with E-state index in [1.165, 1.54) is 0 Å². The number of carbonyl (C=O) groups is 1. The van der Waals surface area contributed by atoms with Crippen LogP contribution in [0.1, 0.15) is 19.3 Å². The van der Waals surface area contributed by atoms with Crippen molar-refractivity contribution < 1.29 is 14.6 Å². The number of amides is 2. The predicted octanol–water partition coefficient (Wildman–Crippen LogP) is 2.10. The average Bonchev–Trinajstić information content (AvgIpc) is 3.04. The van der Waals surface area contributed by atoms with Crippen LogP contribution in [0.25, 0.3) is 0 Å². The smallest absolute Gasteiger partial charge is 0.317 e. The molecule has 2 N–H and O–H groups in total. The molecule has 0 saturated carbocycles. The maximum absolute atomic E-state index is 12.5.